The Kier molecular flexibility index (Phi) is 5.28. The number of aromatic nitrogens is 1. The van der Waals surface area contributed by atoms with Crippen molar-refractivity contribution in [2.75, 3.05) is 5.32 Å². The van der Waals surface area contributed by atoms with E-state index in [9.17, 15) is 18.0 Å². The number of carbonyl (C=O) groups is 1. The summed E-state index contributed by atoms with van der Waals surface area (Å²) in [5.74, 6) is -0.239. The van der Waals surface area contributed by atoms with Gasteiger partial charge in [0.05, 0.1) is 17.3 Å². The summed E-state index contributed by atoms with van der Waals surface area (Å²) in [5.41, 5.74) is -0.0259. The largest absolute Gasteiger partial charge is 0.416 e. The minimum Gasteiger partial charge on any atom is -0.338 e. The predicted molar refractivity (Wildman–Crippen MR) is 82.3 cm³/mol. The van der Waals surface area contributed by atoms with Crippen LogP contribution in [-0.4, -0.2) is 17.1 Å². The fourth-order valence-corrected chi connectivity index (χ4v) is 2.33. The van der Waals surface area contributed by atoms with Crippen molar-refractivity contribution in [3.05, 3.63) is 47.2 Å². The van der Waals surface area contributed by atoms with Gasteiger partial charge in [0.25, 0.3) is 0 Å². The fraction of sp³-hybridized carbons (Fsp3) is 0.375. The van der Waals surface area contributed by atoms with Crippen LogP contribution in [0.1, 0.15) is 36.7 Å². The molecule has 0 saturated carbocycles. The van der Waals surface area contributed by atoms with Gasteiger partial charge in [-0.05, 0) is 32.4 Å². The van der Waals surface area contributed by atoms with Crippen LogP contribution in [0.15, 0.2) is 34.9 Å². The first-order valence-corrected chi connectivity index (χ1v) is 7.35. The Morgan fingerprint density at radius 2 is 1.92 bits per heavy atom. The summed E-state index contributed by atoms with van der Waals surface area (Å²) in [6.07, 6.45) is -4.45. The van der Waals surface area contributed by atoms with Crippen LogP contribution in [-0.2, 0) is 11.0 Å². The Morgan fingerprint density at radius 1 is 1.25 bits per heavy atom. The van der Waals surface area contributed by atoms with Gasteiger partial charge in [0, 0.05) is 12.1 Å². The number of nitrogens with one attached hydrogen (secondary N) is 2. The molecule has 0 spiro atoms. The summed E-state index contributed by atoms with van der Waals surface area (Å²) >= 11 is 0. The first-order valence-electron chi connectivity index (χ1n) is 7.35. The van der Waals surface area contributed by atoms with E-state index in [-0.39, 0.29) is 11.4 Å². The third kappa shape index (κ3) is 4.35. The molecule has 2 aromatic rings. The summed E-state index contributed by atoms with van der Waals surface area (Å²) in [4.78, 5) is 12.1. The number of carbonyl (C=O) groups excluding carboxylic acids is 1. The molecule has 0 radical (unpaired) electrons. The van der Waals surface area contributed by atoms with Gasteiger partial charge < -0.3 is 4.52 Å². The molecule has 2 rings (SSSR count). The second kappa shape index (κ2) is 7.04. The van der Waals surface area contributed by atoms with E-state index >= 15 is 0 Å². The van der Waals surface area contributed by atoms with E-state index in [2.05, 4.69) is 15.8 Å². The SMILES string of the molecule is Cc1cc(NC(=O)C(C)NC(C)c2ccccc2C(F)(F)F)on1. The van der Waals surface area contributed by atoms with Crippen molar-refractivity contribution in [3.63, 3.8) is 0 Å². The molecule has 2 unspecified atom stereocenters. The number of halogens is 3. The quantitative estimate of drug-likeness (QED) is 0.871. The molecule has 24 heavy (non-hydrogen) atoms. The molecule has 0 bridgehead atoms. The van der Waals surface area contributed by atoms with Crippen LogP contribution >= 0.6 is 0 Å². The Hall–Kier alpha value is -2.35. The van der Waals surface area contributed by atoms with Crippen molar-refractivity contribution < 1.29 is 22.5 Å². The maximum atomic E-state index is 13.1. The monoisotopic (exact) mass is 341 g/mol. The standard InChI is InChI=1S/C16H18F3N3O2/c1-9-8-14(24-22-9)21-15(23)11(3)20-10(2)12-6-4-5-7-13(12)16(17,18)19/h4-8,10-11,20H,1-3H3,(H,21,23). The zero-order valence-electron chi connectivity index (χ0n) is 13.4. The van der Waals surface area contributed by atoms with Crippen LogP contribution < -0.4 is 10.6 Å². The number of amides is 1. The summed E-state index contributed by atoms with van der Waals surface area (Å²) in [6, 6.07) is 5.44. The summed E-state index contributed by atoms with van der Waals surface area (Å²) < 4.78 is 44.1. The highest BCUT2D eigenvalue weighted by Crippen LogP contribution is 2.34. The Labute approximate surface area is 137 Å². The first-order chi connectivity index (χ1) is 11.2. The third-order valence-corrected chi connectivity index (χ3v) is 3.50. The van der Waals surface area contributed by atoms with Crippen molar-refractivity contribution in [2.45, 2.75) is 39.0 Å². The van der Waals surface area contributed by atoms with E-state index in [4.69, 9.17) is 4.52 Å². The topological polar surface area (TPSA) is 67.2 Å². The minimum absolute atomic E-state index is 0.0835. The van der Waals surface area contributed by atoms with Crippen LogP contribution in [0.4, 0.5) is 19.1 Å². The number of alkyl halides is 3. The molecular weight excluding hydrogens is 323 g/mol. The number of hydrogen-bond donors (Lipinski definition) is 2. The normalized spacial score (nSPS) is 14.2. The molecule has 1 aromatic carbocycles. The van der Waals surface area contributed by atoms with E-state index < -0.39 is 29.7 Å². The lowest BCUT2D eigenvalue weighted by molar-refractivity contribution is -0.138. The van der Waals surface area contributed by atoms with E-state index in [1.54, 1.807) is 26.8 Å². The lowest BCUT2D eigenvalue weighted by atomic mass is 10.0. The van der Waals surface area contributed by atoms with Crippen molar-refractivity contribution >= 4 is 11.8 Å². The molecule has 2 atom stereocenters. The molecule has 0 aliphatic rings. The maximum absolute atomic E-state index is 13.1. The van der Waals surface area contributed by atoms with Crippen LogP contribution in [0, 0.1) is 6.92 Å². The Balaban J connectivity index is 2.06. The van der Waals surface area contributed by atoms with Crippen molar-refractivity contribution in [1.29, 1.82) is 0 Å². The smallest absolute Gasteiger partial charge is 0.338 e. The van der Waals surface area contributed by atoms with E-state index in [1.165, 1.54) is 18.2 Å². The second-order valence-corrected chi connectivity index (χ2v) is 5.52. The number of benzene rings is 1. The van der Waals surface area contributed by atoms with Crippen LogP contribution in [0.2, 0.25) is 0 Å². The van der Waals surface area contributed by atoms with Crippen molar-refractivity contribution in [2.24, 2.45) is 0 Å². The molecule has 0 aliphatic carbocycles. The zero-order chi connectivity index (χ0) is 17.9. The Bertz CT molecular complexity index is 713. The second-order valence-electron chi connectivity index (χ2n) is 5.52. The van der Waals surface area contributed by atoms with E-state index in [0.29, 0.717) is 5.69 Å². The van der Waals surface area contributed by atoms with E-state index in [0.717, 1.165) is 6.07 Å². The van der Waals surface area contributed by atoms with Gasteiger partial charge in [-0.2, -0.15) is 13.2 Å². The average molecular weight is 341 g/mol. The lowest BCUT2D eigenvalue weighted by Crippen LogP contribution is -2.39. The molecule has 1 amide bonds. The van der Waals surface area contributed by atoms with Gasteiger partial charge in [0.15, 0.2) is 0 Å². The van der Waals surface area contributed by atoms with Crippen LogP contribution in [0.25, 0.3) is 0 Å². The number of hydrogen-bond acceptors (Lipinski definition) is 4. The van der Waals surface area contributed by atoms with Crippen LogP contribution in [0.3, 0.4) is 0 Å². The fourth-order valence-electron chi connectivity index (χ4n) is 2.33. The number of nitrogens with zero attached hydrogens (tertiary/aromatic N) is 1. The molecule has 8 heteroatoms. The number of rotatable bonds is 5. The van der Waals surface area contributed by atoms with Gasteiger partial charge in [-0.15, -0.1) is 0 Å². The van der Waals surface area contributed by atoms with E-state index in [1.807, 2.05) is 0 Å². The van der Waals surface area contributed by atoms with Gasteiger partial charge >= 0.3 is 6.18 Å². The highest BCUT2D eigenvalue weighted by Gasteiger charge is 2.34. The highest BCUT2D eigenvalue weighted by atomic mass is 19.4. The summed E-state index contributed by atoms with van der Waals surface area (Å²) in [7, 11) is 0. The Morgan fingerprint density at radius 3 is 2.50 bits per heavy atom. The van der Waals surface area contributed by atoms with Gasteiger partial charge in [0.1, 0.15) is 0 Å². The molecule has 1 aromatic heterocycles. The first kappa shape index (κ1) is 18.0. The molecule has 0 saturated heterocycles. The van der Waals surface area contributed by atoms with Crippen molar-refractivity contribution in [3.8, 4) is 0 Å². The van der Waals surface area contributed by atoms with Gasteiger partial charge in [-0.3, -0.25) is 15.4 Å². The molecule has 5 nitrogen and oxygen atoms in total. The number of anilines is 1. The molecule has 0 aliphatic heterocycles. The molecule has 2 N–H and O–H groups in total. The molecular formula is C16H18F3N3O2. The molecule has 130 valence electrons. The zero-order valence-corrected chi connectivity index (χ0v) is 13.4. The van der Waals surface area contributed by atoms with Crippen LogP contribution in [0.5, 0.6) is 0 Å². The highest BCUT2D eigenvalue weighted by molar-refractivity contribution is 5.93. The summed E-state index contributed by atoms with van der Waals surface area (Å²) in [5, 5.41) is 9.01. The summed E-state index contributed by atoms with van der Waals surface area (Å²) in [6.45, 7) is 4.84. The maximum Gasteiger partial charge on any atom is 0.416 e. The lowest BCUT2D eigenvalue weighted by Gasteiger charge is -2.22. The number of aryl methyl sites for hydroxylation is 1. The molecule has 0 fully saturated rings. The van der Waals surface area contributed by atoms with Crippen molar-refractivity contribution in [1.82, 2.24) is 10.5 Å². The minimum atomic E-state index is -4.45. The average Bonchev–Trinajstić information content (AvgIpc) is 2.91. The molecule has 1 heterocycles. The van der Waals surface area contributed by atoms with Gasteiger partial charge in [0.2, 0.25) is 11.8 Å². The predicted octanol–water partition coefficient (Wildman–Crippen LogP) is 3.68. The van der Waals surface area contributed by atoms with Gasteiger partial charge in [-0.1, -0.05) is 23.4 Å². The third-order valence-electron chi connectivity index (χ3n) is 3.50. The van der Waals surface area contributed by atoms with Gasteiger partial charge in [-0.25, -0.2) is 0 Å².